The maximum absolute atomic E-state index is 13.2. The number of hydrogen-bond donors (Lipinski definition) is 0. The van der Waals surface area contributed by atoms with Gasteiger partial charge in [0, 0.05) is 18.6 Å². The highest BCUT2D eigenvalue weighted by Crippen LogP contribution is 2.41. The zero-order chi connectivity index (χ0) is 19.1. The first-order chi connectivity index (χ1) is 13.0. The molecule has 0 aromatic heterocycles. The Hall–Kier alpha value is -2.44. The summed E-state index contributed by atoms with van der Waals surface area (Å²) < 4.78 is 18.1. The van der Waals surface area contributed by atoms with E-state index in [1.165, 1.54) is 24.1 Å². The topological polar surface area (TPSA) is 66.9 Å². The van der Waals surface area contributed by atoms with Crippen molar-refractivity contribution in [1.82, 2.24) is 9.80 Å². The van der Waals surface area contributed by atoms with Crippen molar-refractivity contribution in [2.24, 2.45) is 11.8 Å². The number of halogens is 1. The average Bonchev–Trinajstić information content (AvgIpc) is 3.50. The first kappa shape index (κ1) is 17.9. The van der Waals surface area contributed by atoms with Crippen molar-refractivity contribution in [2.45, 2.75) is 50.7 Å². The average molecular weight is 374 g/mol. The molecule has 3 fully saturated rings. The predicted octanol–water partition coefficient (Wildman–Crippen LogP) is 2.71. The molecule has 1 saturated heterocycles. The number of fused-ring (bicyclic) bond motifs is 1. The van der Waals surface area contributed by atoms with Crippen LogP contribution in [0, 0.1) is 17.7 Å². The summed E-state index contributed by atoms with van der Waals surface area (Å²) in [5.41, 5.74) is 0.800. The number of esters is 1. The molecule has 2 aliphatic carbocycles. The molecule has 3 aliphatic rings. The number of carbonyl (C=O) groups is 3. The van der Waals surface area contributed by atoms with Crippen LogP contribution in [0.2, 0.25) is 0 Å². The Morgan fingerprint density at radius 1 is 1.15 bits per heavy atom. The number of amides is 3. The van der Waals surface area contributed by atoms with Crippen LogP contribution in [-0.4, -0.2) is 46.9 Å². The zero-order valence-electron chi connectivity index (χ0n) is 15.3. The summed E-state index contributed by atoms with van der Waals surface area (Å²) in [4.78, 5) is 41.2. The van der Waals surface area contributed by atoms with Gasteiger partial charge in [-0.05, 0) is 49.8 Å². The van der Waals surface area contributed by atoms with Crippen LogP contribution in [0.4, 0.5) is 9.18 Å². The van der Waals surface area contributed by atoms with Crippen LogP contribution in [0.25, 0.3) is 0 Å². The van der Waals surface area contributed by atoms with E-state index >= 15 is 0 Å². The Kier molecular flexibility index (Phi) is 4.61. The molecule has 144 valence electrons. The summed E-state index contributed by atoms with van der Waals surface area (Å²) in [6, 6.07) is 5.40. The molecule has 7 heteroatoms. The second kappa shape index (κ2) is 6.94. The normalized spacial score (nSPS) is 28.1. The smallest absolute Gasteiger partial charge is 0.327 e. The Balaban J connectivity index is 1.63. The first-order valence-corrected chi connectivity index (χ1v) is 9.45. The van der Waals surface area contributed by atoms with Crippen LogP contribution in [0.15, 0.2) is 24.3 Å². The summed E-state index contributed by atoms with van der Waals surface area (Å²) in [5.74, 6) is -1.32. The molecule has 4 rings (SSSR count). The van der Waals surface area contributed by atoms with Gasteiger partial charge in [0.1, 0.15) is 5.82 Å². The number of methoxy groups -OCH3 is 1. The molecule has 0 spiro atoms. The van der Waals surface area contributed by atoms with Crippen LogP contribution in [0.1, 0.15) is 37.7 Å². The van der Waals surface area contributed by atoms with E-state index in [0.29, 0.717) is 25.8 Å². The quantitative estimate of drug-likeness (QED) is 0.760. The molecule has 3 atom stereocenters. The molecule has 0 bridgehead atoms. The van der Waals surface area contributed by atoms with Gasteiger partial charge in [0.15, 0.2) is 0 Å². The lowest BCUT2D eigenvalue weighted by atomic mass is 9.75. The largest absolute Gasteiger partial charge is 0.469 e. The van der Waals surface area contributed by atoms with Crippen molar-refractivity contribution < 1.29 is 23.5 Å². The number of hydrogen-bond acceptors (Lipinski definition) is 4. The minimum absolute atomic E-state index is 0.00000152. The maximum atomic E-state index is 13.2. The molecule has 27 heavy (non-hydrogen) atoms. The van der Waals surface area contributed by atoms with Crippen LogP contribution in [-0.2, 0) is 20.9 Å². The summed E-state index contributed by atoms with van der Waals surface area (Å²) in [6.07, 6.45) is 3.29. The molecule has 0 radical (unpaired) electrons. The molecule has 6 nitrogen and oxygen atoms in total. The van der Waals surface area contributed by atoms with E-state index in [-0.39, 0.29) is 47.6 Å². The number of rotatable bonds is 4. The standard InChI is InChI=1S/C20H23FN2O4/c1-27-19(25)13-4-9-16-17(10-13)22(11-12-2-5-14(21)6-3-12)20(26)23(18(16)24)15-7-8-15/h2-3,5-6,13,15-17H,4,7-11H2,1H3. The highest BCUT2D eigenvalue weighted by molar-refractivity contribution is 5.99. The van der Waals surface area contributed by atoms with Crippen molar-refractivity contribution >= 4 is 17.9 Å². The van der Waals surface area contributed by atoms with Gasteiger partial charge in [-0.3, -0.25) is 14.5 Å². The zero-order valence-corrected chi connectivity index (χ0v) is 15.3. The van der Waals surface area contributed by atoms with Gasteiger partial charge in [-0.15, -0.1) is 0 Å². The Morgan fingerprint density at radius 2 is 1.85 bits per heavy atom. The molecule has 0 N–H and O–H groups in total. The van der Waals surface area contributed by atoms with Gasteiger partial charge < -0.3 is 9.64 Å². The highest BCUT2D eigenvalue weighted by atomic mass is 19.1. The summed E-state index contributed by atoms with van der Waals surface area (Å²) >= 11 is 0. The van der Waals surface area contributed by atoms with Crippen molar-refractivity contribution in [1.29, 1.82) is 0 Å². The monoisotopic (exact) mass is 374 g/mol. The highest BCUT2D eigenvalue weighted by Gasteiger charge is 2.53. The van der Waals surface area contributed by atoms with Crippen molar-refractivity contribution in [3.05, 3.63) is 35.6 Å². The number of urea groups is 1. The lowest BCUT2D eigenvalue weighted by Crippen LogP contribution is -2.63. The van der Waals surface area contributed by atoms with Crippen molar-refractivity contribution in [3.63, 3.8) is 0 Å². The number of carbonyl (C=O) groups excluding carboxylic acids is 3. The molecular formula is C20H23FN2O4. The fourth-order valence-corrected chi connectivity index (χ4v) is 4.35. The molecule has 3 amide bonds. The van der Waals surface area contributed by atoms with E-state index in [9.17, 15) is 18.8 Å². The van der Waals surface area contributed by atoms with Crippen LogP contribution >= 0.6 is 0 Å². The SMILES string of the molecule is COC(=O)C1CCC2C(=O)N(C3CC3)C(=O)N(Cc3ccc(F)cc3)C2C1. The second-order valence-electron chi connectivity index (χ2n) is 7.68. The number of benzene rings is 1. The van der Waals surface area contributed by atoms with Gasteiger partial charge in [-0.25, -0.2) is 9.18 Å². The van der Waals surface area contributed by atoms with E-state index in [1.54, 1.807) is 17.0 Å². The fraction of sp³-hybridized carbons (Fsp3) is 0.550. The Labute approximate surface area is 157 Å². The lowest BCUT2D eigenvalue weighted by molar-refractivity contribution is -0.152. The minimum Gasteiger partial charge on any atom is -0.469 e. The van der Waals surface area contributed by atoms with Crippen LogP contribution in [0.5, 0.6) is 0 Å². The van der Waals surface area contributed by atoms with Gasteiger partial charge in [0.2, 0.25) is 5.91 Å². The summed E-state index contributed by atoms with van der Waals surface area (Å²) in [7, 11) is 1.36. The lowest BCUT2D eigenvalue weighted by Gasteiger charge is -2.48. The molecule has 1 heterocycles. The number of imide groups is 1. The Bertz CT molecular complexity index is 762. The number of ether oxygens (including phenoxy) is 1. The van der Waals surface area contributed by atoms with Gasteiger partial charge in [-0.1, -0.05) is 12.1 Å². The summed E-state index contributed by atoms with van der Waals surface area (Å²) in [6.45, 7) is 0.296. The third-order valence-electron chi connectivity index (χ3n) is 5.94. The molecule has 2 saturated carbocycles. The molecular weight excluding hydrogens is 351 g/mol. The van der Waals surface area contributed by atoms with Gasteiger partial charge >= 0.3 is 12.0 Å². The Morgan fingerprint density at radius 3 is 2.48 bits per heavy atom. The number of nitrogens with zero attached hydrogens (tertiary/aromatic N) is 2. The predicted molar refractivity (Wildman–Crippen MR) is 93.8 cm³/mol. The molecule has 1 aliphatic heterocycles. The van der Waals surface area contributed by atoms with Crippen molar-refractivity contribution in [2.75, 3.05) is 7.11 Å². The first-order valence-electron chi connectivity index (χ1n) is 9.45. The fourth-order valence-electron chi connectivity index (χ4n) is 4.35. The molecule has 1 aromatic rings. The van der Waals surface area contributed by atoms with Crippen LogP contribution < -0.4 is 0 Å². The van der Waals surface area contributed by atoms with E-state index in [4.69, 9.17) is 4.74 Å². The molecule has 3 unspecified atom stereocenters. The van der Waals surface area contributed by atoms with Crippen LogP contribution in [0.3, 0.4) is 0 Å². The second-order valence-corrected chi connectivity index (χ2v) is 7.68. The van der Waals surface area contributed by atoms with Gasteiger partial charge in [-0.2, -0.15) is 0 Å². The third-order valence-corrected chi connectivity index (χ3v) is 5.94. The third kappa shape index (κ3) is 3.31. The van der Waals surface area contributed by atoms with Crippen molar-refractivity contribution in [3.8, 4) is 0 Å². The minimum atomic E-state index is -0.334. The van der Waals surface area contributed by atoms with E-state index in [2.05, 4.69) is 0 Å². The van der Waals surface area contributed by atoms with E-state index in [1.807, 2.05) is 0 Å². The maximum Gasteiger partial charge on any atom is 0.327 e. The van der Waals surface area contributed by atoms with Gasteiger partial charge in [0.25, 0.3) is 0 Å². The molecule has 1 aromatic carbocycles. The van der Waals surface area contributed by atoms with E-state index < -0.39 is 0 Å². The van der Waals surface area contributed by atoms with E-state index in [0.717, 1.165) is 18.4 Å². The van der Waals surface area contributed by atoms with Gasteiger partial charge in [0.05, 0.1) is 18.9 Å². The summed E-state index contributed by atoms with van der Waals surface area (Å²) in [5, 5.41) is 0.